The molecule has 44 heavy (non-hydrogen) atoms. The van der Waals surface area contributed by atoms with Crippen LogP contribution in [0.25, 0.3) is 22.1 Å². The first kappa shape index (κ1) is 30.6. The minimum absolute atomic E-state index is 0.155. The predicted octanol–water partition coefficient (Wildman–Crippen LogP) is 2.80. The van der Waals surface area contributed by atoms with Gasteiger partial charge in [0.05, 0.1) is 30.6 Å². The normalized spacial score (nSPS) is 15.2. The van der Waals surface area contributed by atoms with Gasteiger partial charge in [-0.1, -0.05) is 18.1 Å². The second-order valence-corrected chi connectivity index (χ2v) is 11.7. The summed E-state index contributed by atoms with van der Waals surface area (Å²) in [6.45, 7) is 10.6. The number of hydrogen-bond acceptors (Lipinski definition) is 9. The highest BCUT2D eigenvalue weighted by Gasteiger charge is 2.29. The van der Waals surface area contributed by atoms with Crippen LogP contribution in [0.5, 0.6) is 5.88 Å². The Bertz CT molecular complexity index is 1890. The number of hydrogen-bond donors (Lipinski definition) is 1. The molecule has 1 amide bonds. The van der Waals surface area contributed by atoms with Crippen molar-refractivity contribution < 1.29 is 14.3 Å². The molecule has 0 saturated carbocycles. The Hall–Kier alpha value is -4.86. The molecule has 232 valence electrons. The number of fused-ring (bicyclic) bond motifs is 2. The van der Waals surface area contributed by atoms with Crippen molar-refractivity contribution in [3.8, 4) is 17.7 Å². The molecule has 4 heterocycles. The fourth-order valence-corrected chi connectivity index (χ4v) is 5.35. The minimum Gasteiger partial charge on any atom is -0.477 e. The van der Waals surface area contributed by atoms with Gasteiger partial charge in [0, 0.05) is 26.2 Å². The van der Waals surface area contributed by atoms with Crippen LogP contribution in [0.4, 0.5) is 10.7 Å². The van der Waals surface area contributed by atoms with E-state index in [4.69, 9.17) is 14.5 Å². The number of aryl methyl sites for hydroxylation is 1. The van der Waals surface area contributed by atoms with Gasteiger partial charge >= 0.3 is 11.8 Å². The summed E-state index contributed by atoms with van der Waals surface area (Å²) in [6, 6.07) is 7.24. The third-order valence-corrected chi connectivity index (χ3v) is 7.25. The molecule has 0 aliphatic carbocycles. The molecule has 13 heteroatoms. The summed E-state index contributed by atoms with van der Waals surface area (Å²) in [5, 5.41) is 3.70. The van der Waals surface area contributed by atoms with Crippen molar-refractivity contribution in [3.05, 3.63) is 50.9 Å². The zero-order valence-corrected chi connectivity index (χ0v) is 26.0. The van der Waals surface area contributed by atoms with Crippen LogP contribution in [-0.2, 0) is 24.9 Å². The smallest absolute Gasteiger partial charge is 0.407 e. The van der Waals surface area contributed by atoms with E-state index in [1.54, 1.807) is 18.5 Å². The highest BCUT2D eigenvalue weighted by atomic mass is 16.6. The molecule has 0 spiro atoms. The van der Waals surface area contributed by atoms with E-state index in [1.807, 2.05) is 56.9 Å². The first-order valence-electron chi connectivity index (χ1n) is 14.7. The summed E-state index contributed by atoms with van der Waals surface area (Å²) < 4.78 is 15.4. The van der Waals surface area contributed by atoms with Gasteiger partial charge in [0.15, 0.2) is 17.0 Å². The van der Waals surface area contributed by atoms with Gasteiger partial charge in [-0.2, -0.15) is 9.97 Å². The molecule has 1 aliphatic rings. The zero-order valence-electron chi connectivity index (χ0n) is 26.0. The number of rotatable bonds is 7. The quantitative estimate of drug-likeness (QED) is 0.317. The first-order chi connectivity index (χ1) is 21.0. The first-order valence-corrected chi connectivity index (χ1v) is 14.7. The van der Waals surface area contributed by atoms with Crippen molar-refractivity contribution in [1.29, 1.82) is 0 Å². The second kappa shape index (κ2) is 12.4. The van der Waals surface area contributed by atoms with Gasteiger partial charge in [-0.05, 0) is 59.6 Å². The van der Waals surface area contributed by atoms with Crippen LogP contribution in [0.15, 0.2) is 33.9 Å². The van der Waals surface area contributed by atoms with Crippen molar-refractivity contribution in [2.75, 3.05) is 24.6 Å². The number of carbonyl (C=O) groups excluding carboxylic acids is 1. The van der Waals surface area contributed by atoms with Crippen molar-refractivity contribution >= 4 is 34.1 Å². The van der Waals surface area contributed by atoms with Gasteiger partial charge in [0.25, 0.3) is 5.56 Å². The highest BCUT2D eigenvalue weighted by Crippen LogP contribution is 2.25. The molecular weight excluding hydrogens is 564 g/mol. The van der Waals surface area contributed by atoms with E-state index >= 15 is 0 Å². The third kappa shape index (κ3) is 6.24. The Labute approximate surface area is 254 Å². The Balaban J connectivity index is 1.56. The number of aromatic nitrogens is 6. The molecule has 1 aromatic carbocycles. The molecule has 0 bridgehead atoms. The molecule has 1 saturated heterocycles. The highest BCUT2D eigenvalue weighted by molar-refractivity contribution is 5.83. The van der Waals surface area contributed by atoms with Crippen molar-refractivity contribution in [1.82, 2.24) is 34.0 Å². The van der Waals surface area contributed by atoms with Crippen LogP contribution in [0.3, 0.4) is 0 Å². The molecule has 1 fully saturated rings. The van der Waals surface area contributed by atoms with E-state index < -0.39 is 22.9 Å². The fraction of sp³-hybridized carbons (Fsp3) is 0.484. The number of piperidine rings is 1. The summed E-state index contributed by atoms with van der Waals surface area (Å²) in [4.78, 5) is 56.1. The number of anilines is 1. The van der Waals surface area contributed by atoms with Gasteiger partial charge < -0.3 is 19.7 Å². The number of benzene rings is 1. The standard InChI is InChI=1S/C31H38N8O5/c1-7-9-17-38-24-25(35-28(38)37-16-12-13-20(18-37)32-29(41)44-31(3,4)5)36(6)30(42)39(27(24)40)19-23-33-22-15-11-10-14-21(22)26(34-23)43-8-2/h10-11,14-15,20H,8,12-13,16-19H2,1-6H3,(H,32,41). The fourth-order valence-electron chi connectivity index (χ4n) is 5.35. The average Bonchev–Trinajstić information content (AvgIpc) is 3.36. The average molecular weight is 603 g/mol. The second-order valence-electron chi connectivity index (χ2n) is 11.7. The van der Waals surface area contributed by atoms with Crippen LogP contribution in [0, 0.1) is 11.8 Å². The third-order valence-electron chi connectivity index (χ3n) is 7.25. The van der Waals surface area contributed by atoms with Crippen LogP contribution in [0.2, 0.25) is 0 Å². The maximum atomic E-state index is 14.1. The lowest BCUT2D eigenvalue weighted by Crippen LogP contribution is -2.49. The molecule has 1 N–H and O–H groups in total. The topological polar surface area (TPSA) is 138 Å². The number of nitrogens with one attached hydrogen (secondary N) is 1. The molecule has 1 unspecified atom stereocenters. The van der Waals surface area contributed by atoms with Crippen LogP contribution >= 0.6 is 0 Å². The van der Waals surface area contributed by atoms with E-state index in [1.165, 1.54) is 4.57 Å². The van der Waals surface area contributed by atoms with E-state index in [9.17, 15) is 14.4 Å². The maximum Gasteiger partial charge on any atom is 0.407 e. The lowest BCUT2D eigenvalue weighted by atomic mass is 10.1. The van der Waals surface area contributed by atoms with Gasteiger partial charge in [-0.3, -0.25) is 18.5 Å². The number of imidazole rings is 1. The number of amides is 1. The largest absolute Gasteiger partial charge is 0.477 e. The summed E-state index contributed by atoms with van der Waals surface area (Å²) in [5.41, 5.74) is -0.526. The Morgan fingerprint density at radius 1 is 1.14 bits per heavy atom. The summed E-state index contributed by atoms with van der Waals surface area (Å²) >= 11 is 0. The molecule has 5 rings (SSSR count). The molecule has 1 aliphatic heterocycles. The van der Waals surface area contributed by atoms with Crippen LogP contribution < -0.4 is 26.2 Å². The van der Waals surface area contributed by atoms with Gasteiger partial charge in [-0.15, -0.1) is 5.92 Å². The van der Waals surface area contributed by atoms with Gasteiger partial charge in [0.1, 0.15) is 5.60 Å². The number of para-hydroxylation sites is 1. The van der Waals surface area contributed by atoms with Crippen molar-refractivity contribution in [3.63, 3.8) is 0 Å². The molecule has 4 aromatic rings. The molecule has 1 atom stereocenters. The minimum atomic E-state index is -0.613. The van der Waals surface area contributed by atoms with Gasteiger partial charge in [0.2, 0.25) is 11.8 Å². The predicted molar refractivity (Wildman–Crippen MR) is 167 cm³/mol. The van der Waals surface area contributed by atoms with E-state index in [-0.39, 0.29) is 36.1 Å². The number of carbonyl (C=O) groups is 1. The van der Waals surface area contributed by atoms with E-state index in [0.29, 0.717) is 37.0 Å². The molecule has 0 radical (unpaired) electrons. The number of alkyl carbamates (subject to hydrolysis) is 1. The zero-order chi connectivity index (χ0) is 31.6. The SMILES string of the molecule is CC#CCn1c(N2CCCC(NC(=O)OC(C)(C)C)C2)nc2c1c(=O)n(Cc1nc(OCC)c3ccccc3n1)c(=O)n2C. The summed E-state index contributed by atoms with van der Waals surface area (Å²) in [7, 11) is 1.59. The van der Waals surface area contributed by atoms with Gasteiger partial charge in [-0.25, -0.2) is 14.6 Å². The number of nitrogens with zero attached hydrogens (tertiary/aromatic N) is 7. The van der Waals surface area contributed by atoms with Crippen molar-refractivity contribution in [2.24, 2.45) is 7.05 Å². The Morgan fingerprint density at radius 3 is 2.64 bits per heavy atom. The van der Waals surface area contributed by atoms with Crippen LogP contribution in [0.1, 0.15) is 53.3 Å². The molecule has 13 nitrogen and oxygen atoms in total. The number of ether oxygens (including phenoxy) is 2. The van der Waals surface area contributed by atoms with E-state index in [2.05, 4.69) is 27.1 Å². The lowest BCUT2D eigenvalue weighted by molar-refractivity contribution is 0.0499. The Kier molecular flexibility index (Phi) is 8.62. The Morgan fingerprint density at radius 2 is 1.91 bits per heavy atom. The summed E-state index contributed by atoms with van der Waals surface area (Å²) in [5.74, 6) is 7.11. The van der Waals surface area contributed by atoms with E-state index in [0.717, 1.165) is 22.8 Å². The van der Waals surface area contributed by atoms with Crippen molar-refractivity contribution in [2.45, 2.75) is 72.2 Å². The summed E-state index contributed by atoms with van der Waals surface area (Å²) in [6.07, 6.45) is 1.07. The molecular formula is C31H38N8O5. The lowest BCUT2D eigenvalue weighted by Gasteiger charge is -2.34. The van der Waals surface area contributed by atoms with Crippen LogP contribution in [-0.4, -0.2) is 66.1 Å². The maximum absolute atomic E-state index is 14.1. The monoisotopic (exact) mass is 602 g/mol. The molecule has 3 aromatic heterocycles.